The van der Waals surface area contributed by atoms with Crippen molar-refractivity contribution in [3.05, 3.63) is 124 Å². The lowest BCUT2D eigenvalue weighted by atomic mass is 9.94. The molecule has 4 nitrogen and oxygen atoms in total. The lowest BCUT2D eigenvalue weighted by Crippen LogP contribution is -2.40. The fraction of sp³-hybridized carbons (Fsp3) is 0.257. The van der Waals surface area contributed by atoms with Crippen molar-refractivity contribution in [2.75, 3.05) is 19.6 Å². The van der Waals surface area contributed by atoms with Crippen LogP contribution in [0, 0.1) is 5.92 Å². The summed E-state index contributed by atoms with van der Waals surface area (Å²) in [5, 5.41) is 8.77. The minimum Gasteiger partial charge on any atom is -0.350 e. The number of thiazole rings is 1. The van der Waals surface area contributed by atoms with Crippen LogP contribution in [-0.4, -0.2) is 35.4 Å². The minimum absolute atomic E-state index is 0.0547. The Morgan fingerprint density at radius 3 is 2.45 bits per heavy atom. The molecule has 1 aliphatic heterocycles. The van der Waals surface area contributed by atoms with Gasteiger partial charge in [-0.15, -0.1) is 11.3 Å². The van der Waals surface area contributed by atoms with Gasteiger partial charge in [0.15, 0.2) is 0 Å². The molecular formula is C35H33N3OS. The van der Waals surface area contributed by atoms with E-state index in [0.29, 0.717) is 18.2 Å². The van der Waals surface area contributed by atoms with Crippen molar-refractivity contribution in [3.63, 3.8) is 0 Å². The molecule has 2 aliphatic rings. The molecule has 1 aliphatic carbocycles. The lowest BCUT2D eigenvalue weighted by Gasteiger charge is -2.33. The molecule has 1 saturated heterocycles. The van der Waals surface area contributed by atoms with Gasteiger partial charge < -0.3 is 5.32 Å². The molecule has 5 heteroatoms. The van der Waals surface area contributed by atoms with Crippen LogP contribution in [0.4, 0.5) is 0 Å². The van der Waals surface area contributed by atoms with Crippen LogP contribution in [0.2, 0.25) is 0 Å². The van der Waals surface area contributed by atoms with Crippen molar-refractivity contribution >= 4 is 28.0 Å². The monoisotopic (exact) mass is 543 g/mol. The third-order valence-electron chi connectivity index (χ3n) is 8.55. The Hall–Kier alpha value is -3.80. The quantitative estimate of drug-likeness (QED) is 0.234. The minimum atomic E-state index is -0.0547. The zero-order valence-electron chi connectivity index (χ0n) is 22.6. The van der Waals surface area contributed by atoms with Gasteiger partial charge in [0.2, 0.25) is 0 Å². The van der Waals surface area contributed by atoms with Gasteiger partial charge in [0.1, 0.15) is 5.69 Å². The molecule has 7 rings (SSSR count). The van der Waals surface area contributed by atoms with Crippen LogP contribution in [0.15, 0.2) is 96.4 Å². The molecule has 1 atom stereocenters. The summed E-state index contributed by atoms with van der Waals surface area (Å²) in [6.07, 6.45) is 3.13. The van der Waals surface area contributed by atoms with Gasteiger partial charge in [0.25, 0.3) is 5.91 Å². The molecule has 1 amide bonds. The van der Waals surface area contributed by atoms with Gasteiger partial charge in [-0.05, 0) is 63.9 Å². The smallest absolute Gasteiger partial charge is 0.270 e. The average molecular weight is 544 g/mol. The molecule has 1 fully saturated rings. The molecule has 0 unspecified atom stereocenters. The van der Waals surface area contributed by atoms with E-state index < -0.39 is 0 Å². The van der Waals surface area contributed by atoms with Crippen LogP contribution in [0.3, 0.4) is 0 Å². The predicted molar refractivity (Wildman–Crippen MR) is 164 cm³/mol. The SMILES string of the molecule is O=C(NC[C@@H]1CCCN(Cc2cccc3ccccc23)C1)c1csc(CC2c3ccccc3-c3ccccc32)n1. The average Bonchev–Trinajstić information content (AvgIpc) is 3.60. The summed E-state index contributed by atoms with van der Waals surface area (Å²) in [6, 6.07) is 32.6. The number of hydrogen-bond donors (Lipinski definition) is 1. The summed E-state index contributed by atoms with van der Waals surface area (Å²) in [6.45, 7) is 3.76. The third kappa shape index (κ3) is 4.96. The number of benzene rings is 4. The highest BCUT2D eigenvalue weighted by Crippen LogP contribution is 2.46. The van der Waals surface area contributed by atoms with E-state index in [1.807, 2.05) is 5.38 Å². The fourth-order valence-electron chi connectivity index (χ4n) is 6.62. The van der Waals surface area contributed by atoms with Crippen LogP contribution in [-0.2, 0) is 13.0 Å². The van der Waals surface area contributed by atoms with Crippen LogP contribution < -0.4 is 5.32 Å². The molecule has 0 radical (unpaired) electrons. The van der Waals surface area contributed by atoms with E-state index in [9.17, 15) is 4.79 Å². The molecule has 1 aromatic heterocycles. The summed E-state index contributed by atoms with van der Waals surface area (Å²) < 4.78 is 0. The first-order valence-corrected chi connectivity index (χ1v) is 15.2. The molecule has 0 spiro atoms. The fourth-order valence-corrected chi connectivity index (χ4v) is 7.45. The summed E-state index contributed by atoms with van der Waals surface area (Å²) in [4.78, 5) is 20.4. The number of hydrogen-bond acceptors (Lipinski definition) is 4. The van der Waals surface area contributed by atoms with Gasteiger partial charge in [-0.3, -0.25) is 9.69 Å². The van der Waals surface area contributed by atoms with Crippen LogP contribution in [0.5, 0.6) is 0 Å². The van der Waals surface area contributed by atoms with Gasteiger partial charge in [0.05, 0.1) is 5.01 Å². The zero-order chi connectivity index (χ0) is 26.9. The Morgan fingerprint density at radius 2 is 1.62 bits per heavy atom. The van der Waals surface area contributed by atoms with Gasteiger partial charge in [-0.1, -0.05) is 91.0 Å². The van der Waals surface area contributed by atoms with Gasteiger partial charge in [-0.25, -0.2) is 4.98 Å². The van der Waals surface area contributed by atoms with Crippen LogP contribution in [0.25, 0.3) is 21.9 Å². The molecule has 2 heterocycles. The Labute approximate surface area is 239 Å². The van der Waals surface area contributed by atoms with E-state index in [4.69, 9.17) is 4.98 Å². The molecular weight excluding hydrogens is 510 g/mol. The highest BCUT2D eigenvalue weighted by molar-refractivity contribution is 7.09. The zero-order valence-corrected chi connectivity index (χ0v) is 23.4. The van der Waals surface area contributed by atoms with E-state index in [2.05, 4.69) is 101 Å². The van der Waals surface area contributed by atoms with Crippen molar-refractivity contribution in [1.82, 2.24) is 15.2 Å². The van der Waals surface area contributed by atoms with Crippen molar-refractivity contribution in [3.8, 4) is 11.1 Å². The van der Waals surface area contributed by atoms with Crippen molar-refractivity contribution in [2.24, 2.45) is 5.92 Å². The summed E-state index contributed by atoms with van der Waals surface area (Å²) in [5.41, 5.74) is 7.28. The number of aromatic nitrogens is 1. The highest BCUT2D eigenvalue weighted by atomic mass is 32.1. The number of rotatable bonds is 7. The first kappa shape index (κ1) is 25.2. The van der Waals surface area contributed by atoms with Gasteiger partial charge in [0, 0.05) is 37.4 Å². The highest BCUT2D eigenvalue weighted by Gasteiger charge is 2.29. The van der Waals surface area contributed by atoms with Crippen molar-refractivity contribution in [1.29, 1.82) is 0 Å². The molecule has 5 aromatic rings. The van der Waals surface area contributed by atoms with E-state index >= 15 is 0 Å². The Kier molecular flexibility index (Phi) is 6.92. The summed E-state index contributed by atoms with van der Waals surface area (Å²) in [7, 11) is 0. The Balaban J connectivity index is 0.971. The first-order valence-electron chi connectivity index (χ1n) is 14.3. The Morgan fingerprint density at radius 1 is 0.900 bits per heavy atom. The first-order chi connectivity index (χ1) is 19.7. The molecule has 200 valence electrons. The van der Waals surface area contributed by atoms with E-state index in [1.54, 1.807) is 11.3 Å². The number of carbonyl (C=O) groups is 1. The maximum absolute atomic E-state index is 13.1. The van der Waals surface area contributed by atoms with Crippen molar-refractivity contribution < 1.29 is 4.79 Å². The molecule has 1 N–H and O–H groups in total. The van der Waals surface area contributed by atoms with E-state index in [-0.39, 0.29) is 11.8 Å². The number of likely N-dealkylation sites (tertiary alicyclic amines) is 1. The third-order valence-corrected chi connectivity index (χ3v) is 9.43. The van der Waals surface area contributed by atoms with Gasteiger partial charge >= 0.3 is 0 Å². The number of carbonyl (C=O) groups excluding carboxylic acids is 1. The van der Waals surface area contributed by atoms with Crippen LogP contribution >= 0.6 is 11.3 Å². The maximum Gasteiger partial charge on any atom is 0.270 e. The second-order valence-electron chi connectivity index (χ2n) is 11.1. The predicted octanol–water partition coefficient (Wildman–Crippen LogP) is 7.29. The molecule has 4 aromatic carbocycles. The van der Waals surface area contributed by atoms with Gasteiger partial charge in [-0.2, -0.15) is 0 Å². The molecule has 40 heavy (non-hydrogen) atoms. The second-order valence-corrected chi connectivity index (χ2v) is 12.1. The number of nitrogens with zero attached hydrogens (tertiary/aromatic N) is 2. The number of fused-ring (bicyclic) bond motifs is 4. The lowest BCUT2D eigenvalue weighted by molar-refractivity contribution is 0.0926. The normalized spacial score (nSPS) is 17.1. The number of piperidine rings is 1. The number of amides is 1. The summed E-state index contributed by atoms with van der Waals surface area (Å²) >= 11 is 1.60. The standard InChI is InChI=1S/C35H33N3OS/c39-35(36-20-24-9-8-18-38(21-24)22-26-12-7-11-25-10-1-2-13-27(25)26)33-23-40-34(37-33)19-32-30-16-5-3-14-28(30)29-15-4-6-17-31(29)32/h1-7,10-17,23-24,32H,8-9,18-22H2,(H,36,39)/t24-/m0/s1. The van der Waals surface area contributed by atoms with Crippen LogP contribution in [0.1, 0.15) is 50.9 Å². The largest absolute Gasteiger partial charge is 0.350 e. The Bertz CT molecular complexity index is 1620. The van der Waals surface area contributed by atoms with Crippen molar-refractivity contribution in [2.45, 2.75) is 31.7 Å². The molecule has 0 saturated carbocycles. The maximum atomic E-state index is 13.1. The molecule has 0 bridgehead atoms. The topological polar surface area (TPSA) is 45.2 Å². The van der Waals surface area contributed by atoms with E-state index in [1.165, 1.54) is 38.6 Å². The number of nitrogens with one attached hydrogen (secondary N) is 1. The van der Waals surface area contributed by atoms with E-state index in [0.717, 1.165) is 43.9 Å². The second kappa shape index (κ2) is 11.0. The summed E-state index contributed by atoms with van der Waals surface area (Å²) in [5.74, 6) is 0.683.